The molecule has 0 radical (unpaired) electrons. The van der Waals surface area contributed by atoms with Crippen molar-refractivity contribution in [1.82, 2.24) is 19.1 Å². The molecule has 126 valence electrons. The Kier molecular flexibility index (Phi) is 4.17. The van der Waals surface area contributed by atoms with Gasteiger partial charge in [0.05, 0.1) is 11.1 Å². The maximum Gasteiger partial charge on any atom is 0.279 e. The van der Waals surface area contributed by atoms with E-state index in [-0.39, 0.29) is 46.3 Å². The van der Waals surface area contributed by atoms with Crippen LogP contribution in [0.25, 0.3) is 22.1 Å². The number of allylic oxidation sites excluding steroid dienone is 2. The molecule has 3 aromatic heterocycles. The van der Waals surface area contributed by atoms with Crippen LogP contribution in [0.1, 0.15) is 11.1 Å². The van der Waals surface area contributed by atoms with Crippen molar-refractivity contribution in [2.24, 2.45) is 0 Å². The number of hydrogen-bond acceptors (Lipinski definition) is 6. The number of fused-ring (bicyclic) bond motifs is 2. The van der Waals surface area contributed by atoms with Crippen molar-refractivity contribution in [3.63, 3.8) is 0 Å². The van der Waals surface area contributed by atoms with E-state index < -0.39 is 11.1 Å². The number of pyridine rings is 2. The number of hydrogen-bond donors (Lipinski definition) is 0. The van der Waals surface area contributed by atoms with Crippen molar-refractivity contribution in [2.45, 2.75) is 13.1 Å². The van der Waals surface area contributed by atoms with Gasteiger partial charge in [-0.05, 0) is 0 Å². The molecule has 0 aromatic carbocycles. The van der Waals surface area contributed by atoms with Gasteiger partial charge in [0.25, 0.3) is 11.1 Å². The fourth-order valence-electron chi connectivity index (χ4n) is 2.65. The maximum atomic E-state index is 12.6. The molecule has 0 unspecified atom stereocenters. The molecule has 0 aliphatic carbocycles. The molecule has 8 heteroatoms. The highest BCUT2D eigenvalue weighted by Crippen LogP contribution is 2.17. The van der Waals surface area contributed by atoms with Crippen LogP contribution in [0.2, 0.25) is 0 Å². The summed E-state index contributed by atoms with van der Waals surface area (Å²) in [6.45, 7) is 7.53. The summed E-state index contributed by atoms with van der Waals surface area (Å²) in [7, 11) is 0. The Morgan fingerprint density at radius 3 is 1.54 bits per heavy atom. The Balaban J connectivity index is 2.56. The molecule has 0 aliphatic heterocycles. The Bertz CT molecular complexity index is 1180. The van der Waals surface area contributed by atoms with Gasteiger partial charge >= 0.3 is 0 Å². The largest absolute Gasteiger partial charge is 0.308 e. The summed E-state index contributed by atoms with van der Waals surface area (Å²) >= 11 is 0. The van der Waals surface area contributed by atoms with E-state index in [0.717, 1.165) is 0 Å². The van der Waals surface area contributed by atoms with Crippen LogP contribution >= 0.6 is 0 Å². The molecule has 3 aromatic rings. The number of nitrogens with zero attached hydrogens (tertiary/aromatic N) is 6. The Hall–Kier alpha value is -4.04. The van der Waals surface area contributed by atoms with Gasteiger partial charge in [-0.2, -0.15) is 10.5 Å². The summed E-state index contributed by atoms with van der Waals surface area (Å²) in [5.74, 6) is 0. The molecule has 0 fully saturated rings. The SMILES string of the molecule is C=CCn1cc(C#N)c2nc3c(=O)n(CC=C)cc(C#N)c3nc2c1=O. The van der Waals surface area contributed by atoms with Crippen molar-refractivity contribution in [2.75, 3.05) is 0 Å². The van der Waals surface area contributed by atoms with E-state index in [4.69, 9.17) is 0 Å². The summed E-state index contributed by atoms with van der Waals surface area (Å²) in [5, 5.41) is 18.8. The summed E-state index contributed by atoms with van der Waals surface area (Å²) in [6, 6.07) is 3.92. The smallest absolute Gasteiger partial charge is 0.279 e. The van der Waals surface area contributed by atoms with Crippen LogP contribution in [0.15, 0.2) is 47.3 Å². The second-order valence-electron chi connectivity index (χ2n) is 5.42. The van der Waals surface area contributed by atoms with Crippen molar-refractivity contribution >= 4 is 22.1 Å². The topological polar surface area (TPSA) is 117 Å². The van der Waals surface area contributed by atoms with Crippen LogP contribution in [-0.2, 0) is 13.1 Å². The zero-order valence-corrected chi connectivity index (χ0v) is 13.6. The second kappa shape index (κ2) is 6.46. The third-order valence-electron chi connectivity index (χ3n) is 3.80. The average molecular weight is 344 g/mol. The normalized spacial score (nSPS) is 10.4. The lowest BCUT2D eigenvalue weighted by atomic mass is 10.2. The summed E-state index contributed by atoms with van der Waals surface area (Å²) in [6.07, 6.45) is 5.72. The zero-order chi connectivity index (χ0) is 18.8. The van der Waals surface area contributed by atoms with Gasteiger partial charge in [0.2, 0.25) is 0 Å². The molecule has 3 heterocycles. The molecular formula is C18H12N6O2. The van der Waals surface area contributed by atoms with E-state index in [1.54, 1.807) is 0 Å². The maximum absolute atomic E-state index is 12.6. The van der Waals surface area contributed by atoms with Crippen LogP contribution in [0, 0.1) is 22.7 Å². The standard InChI is InChI=1S/C18H12N6O2/c1-3-5-23-9-11(7-19)13-15(17(23)25)21-14-12(8-20)10-24(6-4-2)18(26)16(14)22-13/h3-4,9-10H,1-2,5-6H2. The Morgan fingerprint density at radius 2 is 1.23 bits per heavy atom. The van der Waals surface area contributed by atoms with Gasteiger partial charge in [0.15, 0.2) is 11.0 Å². The third-order valence-corrected chi connectivity index (χ3v) is 3.80. The third kappa shape index (κ3) is 2.46. The molecule has 0 spiro atoms. The Labute approximate surface area is 147 Å². The first-order valence-electron chi connectivity index (χ1n) is 7.56. The van der Waals surface area contributed by atoms with Crippen molar-refractivity contribution in [3.8, 4) is 12.1 Å². The van der Waals surface area contributed by atoms with Gasteiger partial charge in [0.1, 0.15) is 23.2 Å². The van der Waals surface area contributed by atoms with Crippen molar-refractivity contribution < 1.29 is 0 Å². The number of rotatable bonds is 4. The molecule has 26 heavy (non-hydrogen) atoms. The molecule has 8 nitrogen and oxygen atoms in total. The lowest BCUT2D eigenvalue weighted by Gasteiger charge is -2.09. The fourth-order valence-corrected chi connectivity index (χ4v) is 2.65. The van der Waals surface area contributed by atoms with Crippen LogP contribution in [-0.4, -0.2) is 19.1 Å². The number of nitriles is 2. The minimum absolute atomic E-state index is 0.0302. The molecule has 3 rings (SSSR count). The van der Waals surface area contributed by atoms with Gasteiger partial charge in [-0.15, -0.1) is 13.2 Å². The quantitative estimate of drug-likeness (QED) is 0.519. The van der Waals surface area contributed by atoms with Crippen LogP contribution in [0.4, 0.5) is 0 Å². The second-order valence-corrected chi connectivity index (χ2v) is 5.42. The summed E-state index contributed by atoms with van der Waals surface area (Å²) in [5.41, 5.74) is -0.836. The zero-order valence-electron chi connectivity index (χ0n) is 13.6. The van der Waals surface area contributed by atoms with Crippen molar-refractivity contribution in [3.05, 3.63) is 69.5 Å². The Morgan fingerprint density at radius 1 is 0.846 bits per heavy atom. The van der Waals surface area contributed by atoms with Crippen LogP contribution in [0.3, 0.4) is 0 Å². The first-order chi connectivity index (χ1) is 12.5. The molecule has 0 amide bonds. The number of aromatic nitrogens is 4. The van der Waals surface area contributed by atoms with Gasteiger partial charge in [-0.25, -0.2) is 9.97 Å². The van der Waals surface area contributed by atoms with E-state index in [9.17, 15) is 20.1 Å². The monoisotopic (exact) mass is 344 g/mol. The van der Waals surface area contributed by atoms with Gasteiger partial charge < -0.3 is 9.13 Å². The summed E-state index contributed by atoms with van der Waals surface area (Å²) < 4.78 is 2.55. The average Bonchev–Trinajstić information content (AvgIpc) is 2.65. The molecule has 0 bridgehead atoms. The van der Waals surface area contributed by atoms with E-state index in [0.29, 0.717) is 0 Å². The molecule has 0 atom stereocenters. The lowest BCUT2D eigenvalue weighted by Crippen LogP contribution is -2.24. The minimum atomic E-state index is -0.479. The van der Waals surface area contributed by atoms with E-state index in [1.165, 1.54) is 33.7 Å². The van der Waals surface area contributed by atoms with E-state index >= 15 is 0 Å². The van der Waals surface area contributed by atoms with Crippen molar-refractivity contribution in [1.29, 1.82) is 10.5 Å². The first-order valence-corrected chi connectivity index (χ1v) is 7.56. The van der Waals surface area contributed by atoms with E-state index in [1.807, 2.05) is 12.1 Å². The highest BCUT2D eigenvalue weighted by Gasteiger charge is 2.17. The van der Waals surface area contributed by atoms with Crippen LogP contribution in [0.5, 0.6) is 0 Å². The van der Waals surface area contributed by atoms with Crippen LogP contribution < -0.4 is 11.1 Å². The molecule has 0 aliphatic rings. The lowest BCUT2D eigenvalue weighted by molar-refractivity contribution is 0.780. The highest BCUT2D eigenvalue weighted by molar-refractivity contribution is 5.90. The molecular weight excluding hydrogens is 332 g/mol. The predicted octanol–water partition coefficient (Wildman–Crippen LogP) is 1.22. The highest BCUT2D eigenvalue weighted by atomic mass is 16.1. The summed E-state index contributed by atoms with van der Waals surface area (Å²) in [4.78, 5) is 33.7. The fraction of sp³-hybridized carbons (Fsp3) is 0.111. The molecule has 0 saturated carbocycles. The van der Waals surface area contributed by atoms with E-state index in [2.05, 4.69) is 23.1 Å². The first kappa shape index (κ1) is 16.8. The molecule has 0 saturated heterocycles. The predicted molar refractivity (Wildman–Crippen MR) is 95.4 cm³/mol. The van der Waals surface area contributed by atoms with Gasteiger partial charge in [-0.3, -0.25) is 9.59 Å². The van der Waals surface area contributed by atoms with Gasteiger partial charge in [-0.1, -0.05) is 12.2 Å². The molecule has 0 N–H and O–H groups in total. The minimum Gasteiger partial charge on any atom is -0.308 e. The van der Waals surface area contributed by atoms with Gasteiger partial charge in [0, 0.05) is 25.5 Å².